The SMILES string of the molecule is CCCCNc1nc(N)nc2ccc(Cc3ccc(C)cc3)nc12. The van der Waals surface area contributed by atoms with Gasteiger partial charge >= 0.3 is 0 Å². The van der Waals surface area contributed by atoms with E-state index in [0.717, 1.165) is 48.4 Å². The highest BCUT2D eigenvalue weighted by molar-refractivity contribution is 5.86. The van der Waals surface area contributed by atoms with Crippen LogP contribution in [0.2, 0.25) is 0 Å². The summed E-state index contributed by atoms with van der Waals surface area (Å²) in [5, 5.41) is 3.33. The van der Waals surface area contributed by atoms with Crippen LogP contribution in [0.15, 0.2) is 36.4 Å². The first-order chi connectivity index (χ1) is 11.7. The third kappa shape index (κ3) is 3.79. The fraction of sp³-hybridized carbons (Fsp3) is 0.316. The van der Waals surface area contributed by atoms with Crippen LogP contribution in [-0.4, -0.2) is 21.5 Å². The van der Waals surface area contributed by atoms with Crippen molar-refractivity contribution in [2.75, 3.05) is 17.6 Å². The molecule has 1 aromatic carbocycles. The van der Waals surface area contributed by atoms with Crippen molar-refractivity contribution >= 4 is 22.8 Å². The summed E-state index contributed by atoms with van der Waals surface area (Å²) in [7, 11) is 0. The maximum absolute atomic E-state index is 5.81. The number of aromatic nitrogens is 3. The first kappa shape index (κ1) is 16.2. The molecule has 2 heterocycles. The van der Waals surface area contributed by atoms with Crippen molar-refractivity contribution in [2.24, 2.45) is 0 Å². The maximum Gasteiger partial charge on any atom is 0.222 e. The molecule has 0 radical (unpaired) electrons. The predicted octanol–water partition coefficient (Wildman–Crippen LogP) is 3.72. The van der Waals surface area contributed by atoms with E-state index in [1.54, 1.807) is 0 Å². The molecule has 3 rings (SSSR count). The van der Waals surface area contributed by atoms with Gasteiger partial charge < -0.3 is 11.1 Å². The van der Waals surface area contributed by atoms with E-state index in [4.69, 9.17) is 10.7 Å². The molecule has 5 nitrogen and oxygen atoms in total. The van der Waals surface area contributed by atoms with Crippen LogP contribution in [0, 0.1) is 6.92 Å². The molecule has 2 aromatic heterocycles. The summed E-state index contributed by atoms with van der Waals surface area (Å²) in [6, 6.07) is 12.5. The van der Waals surface area contributed by atoms with Gasteiger partial charge in [0.05, 0.1) is 5.52 Å². The summed E-state index contributed by atoms with van der Waals surface area (Å²) in [6.07, 6.45) is 2.99. The number of benzene rings is 1. The summed E-state index contributed by atoms with van der Waals surface area (Å²) in [6.45, 7) is 5.10. The molecule has 0 bridgehead atoms. The monoisotopic (exact) mass is 321 g/mol. The first-order valence-electron chi connectivity index (χ1n) is 8.38. The Morgan fingerprint density at radius 3 is 2.54 bits per heavy atom. The second-order valence-electron chi connectivity index (χ2n) is 6.04. The maximum atomic E-state index is 5.81. The summed E-state index contributed by atoms with van der Waals surface area (Å²) >= 11 is 0. The van der Waals surface area contributed by atoms with E-state index in [2.05, 4.69) is 53.4 Å². The van der Waals surface area contributed by atoms with Gasteiger partial charge in [-0.05, 0) is 31.0 Å². The molecule has 3 aromatic rings. The highest BCUT2D eigenvalue weighted by Crippen LogP contribution is 2.21. The quantitative estimate of drug-likeness (QED) is 0.677. The van der Waals surface area contributed by atoms with Gasteiger partial charge in [-0.2, -0.15) is 4.98 Å². The van der Waals surface area contributed by atoms with Gasteiger partial charge in [0.25, 0.3) is 0 Å². The molecule has 5 heteroatoms. The number of anilines is 2. The van der Waals surface area contributed by atoms with Crippen LogP contribution in [-0.2, 0) is 6.42 Å². The van der Waals surface area contributed by atoms with Gasteiger partial charge in [0, 0.05) is 18.7 Å². The van der Waals surface area contributed by atoms with Crippen LogP contribution in [0.3, 0.4) is 0 Å². The molecular weight excluding hydrogens is 298 g/mol. The average molecular weight is 321 g/mol. The zero-order chi connectivity index (χ0) is 16.9. The van der Waals surface area contributed by atoms with Crippen molar-refractivity contribution in [1.82, 2.24) is 15.0 Å². The summed E-state index contributed by atoms with van der Waals surface area (Å²) in [5.74, 6) is 0.992. The number of rotatable bonds is 6. The van der Waals surface area contributed by atoms with Crippen LogP contribution in [0.1, 0.15) is 36.6 Å². The standard InChI is InChI=1S/C19H23N5/c1-3-4-11-21-18-17-16(23-19(20)24-18)10-9-15(22-17)12-14-7-5-13(2)6-8-14/h5-10H,3-4,11-12H2,1-2H3,(H3,20,21,23,24). The van der Waals surface area contributed by atoms with Gasteiger partial charge in [-0.15, -0.1) is 0 Å². The minimum absolute atomic E-state index is 0.273. The summed E-state index contributed by atoms with van der Waals surface area (Å²) < 4.78 is 0. The number of pyridine rings is 1. The first-order valence-corrected chi connectivity index (χ1v) is 8.38. The highest BCUT2D eigenvalue weighted by Gasteiger charge is 2.09. The molecule has 0 aliphatic carbocycles. The van der Waals surface area contributed by atoms with Crippen molar-refractivity contribution in [2.45, 2.75) is 33.1 Å². The van der Waals surface area contributed by atoms with E-state index in [0.29, 0.717) is 0 Å². The van der Waals surface area contributed by atoms with E-state index >= 15 is 0 Å². The molecule has 0 spiro atoms. The normalized spacial score (nSPS) is 10.9. The fourth-order valence-corrected chi connectivity index (χ4v) is 2.59. The summed E-state index contributed by atoms with van der Waals surface area (Å²) in [5.41, 5.74) is 10.9. The lowest BCUT2D eigenvalue weighted by molar-refractivity contribution is 0.831. The number of nitrogens with zero attached hydrogens (tertiary/aromatic N) is 3. The van der Waals surface area contributed by atoms with E-state index in [1.807, 2.05) is 12.1 Å². The number of nitrogens with two attached hydrogens (primary N) is 1. The van der Waals surface area contributed by atoms with Crippen LogP contribution < -0.4 is 11.1 Å². The molecule has 0 aliphatic rings. The molecule has 124 valence electrons. The largest absolute Gasteiger partial charge is 0.368 e. The Morgan fingerprint density at radius 2 is 1.79 bits per heavy atom. The number of fused-ring (bicyclic) bond motifs is 1. The zero-order valence-corrected chi connectivity index (χ0v) is 14.2. The Kier molecular flexibility index (Phi) is 4.89. The van der Waals surface area contributed by atoms with Crippen molar-refractivity contribution in [1.29, 1.82) is 0 Å². The molecular formula is C19H23N5. The van der Waals surface area contributed by atoms with Crippen LogP contribution >= 0.6 is 0 Å². The molecule has 0 aliphatic heterocycles. The summed E-state index contributed by atoms with van der Waals surface area (Å²) in [4.78, 5) is 13.4. The van der Waals surface area contributed by atoms with Gasteiger partial charge in [-0.3, -0.25) is 0 Å². The van der Waals surface area contributed by atoms with E-state index in [9.17, 15) is 0 Å². The Labute approximate surface area is 142 Å². The Morgan fingerprint density at radius 1 is 1.00 bits per heavy atom. The van der Waals surface area contributed by atoms with Crippen LogP contribution in [0.25, 0.3) is 11.0 Å². The molecule has 0 atom stereocenters. The van der Waals surface area contributed by atoms with Gasteiger partial charge in [0.1, 0.15) is 5.52 Å². The Balaban J connectivity index is 1.91. The zero-order valence-electron chi connectivity index (χ0n) is 14.2. The Bertz CT molecular complexity index is 827. The van der Waals surface area contributed by atoms with Crippen LogP contribution in [0.5, 0.6) is 0 Å². The van der Waals surface area contributed by atoms with Crippen molar-refractivity contribution in [3.63, 3.8) is 0 Å². The topological polar surface area (TPSA) is 76.7 Å². The van der Waals surface area contributed by atoms with Gasteiger partial charge in [0.15, 0.2) is 5.82 Å². The lowest BCUT2D eigenvalue weighted by Crippen LogP contribution is -2.08. The van der Waals surface area contributed by atoms with E-state index < -0.39 is 0 Å². The average Bonchev–Trinajstić information content (AvgIpc) is 2.57. The number of unbranched alkanes of at least 4 members (excludes halogenated alkanes) is 1. The third-order valence-electron chi connectivity index (χ3n) is 3.95. The molecule has 3 N–H and O–H groups in total. The number of hydrogen-bond donors (Lipinski definition) is 2. The fourth-order valence-electron chi connectivity index (χ4n) is 2.59. The molecule has 24 heavy (non-hydrogen) atoms. The van der Waals surface area contributed by atoms with Crippen molar-refractivity contribution < 1.29 is 0 Å². The van der Waals surface area contributed by atoms with Crippen LogP contribution in [0.4, 0.5) is 11.8 Å². The van der Waals surface area contributed by atoms with E-state index in [1.165, 1.54) is 11.1 Å². The number of nitrogens with one attached hydrogen (secondary N) is 1. The van der Waals surface area contributed by atoms with Crippen molar-refractivity contribution in [3.05, 3.63) is 53.2 Å². The molecule has 0 fully saturated rings. The third-order valence-corrected chi connectivity index (χ3v) is 3.95. The molecule has 0 saturated carbocycles. The predicted molar refractivity (Wildman–Crippen MR) is 99.1 cm³/mol. The highest BCUT2D eigenvalue weighted by atomic mass is 15.1. The van der Waals surface area contributed by atoms with E-state index in [-0.39, 0.29) is 5.95 Å². The number of nitrogen functional groups attached to an aromatic ring is 1. The lowest BCUT2D eigenvalue weighted by Gasteiger charge is -2.10. The minimum Gasteiger partial charge on any atom is -0.368 e. The second kappa shape index (κ2) is 7.25. The Hall–Kier alpha value is -2.69. The van der Waals surface area contributed by atoms with Gasteiger partial charge in [-0.25, -0.2) is 9.97 Å². The van der Waals surface area contributed by atoms with Gasteiger partial charge in [0.2, 0.25) is 5.95 Å². The van der Waals surface area contributed by atoms with Gasteiger partial charge in [-0.1, -0.05) is 43.2 Å². The van der Waals surface area contributed by atoms with Crippen molar-refractivity contribution in [3.8, 4) is 0 Å². The molecule has 0 amide bonds. The number of hydrogen-bond acceptors (Lipinski definition) is 5. The number of aryl methyl sites for hydroxylation is 1. The lowest BCUT2D eigenvalue weighted by atomic mass is 10.1. The molecule has 0 unspecified atom stereocenters. The smallest absolute Gasteiger partial charge is 0.222 e. The molecule has 0 saturated heterocycles. The second-order valence-corrected chi connectivity index (χ2v) is 6.04. The minimum atomic E-state index is 0.273.